The number of ether oxygens (including phenoxy) is 1. The van der Waals surface area contributed by atoms with Gasteiger partial charge >= 0.3 is 5.97 Å². The third-order valence-corrected chi connectivity index (χ3v) is 1.99. The van der Waals surface area contributed by atoms with Crippen LogP contribution in [-0.2, 0) is 4.79 Å². The molecule has 0 fully saturated rings. The molecule has 78 valence electrons. The zero-order chi connectivity index (χ0) is 10.8. The van der Waals surface area contributed by atoms with Crippen molar-refractivity contribution in [3.63, 3.8) is 0 Å². The molecule has 1 heterocycles. The van der Waals surface area contributed by atoms with E-state index in [9.17, 15) is 4.79 Å². The molecule has 0 saturated heterocycles. The average Bonchev–Trinajstić information content (AvgIpc) is 2.59. The highest BCUT2D eigenvalue weighted by Crippen LogP contribution is 2.26. The van der Waals surface area contributed by atoms with Crippen molar-refractivity contribution < 1.29 is 19.2 Å². The van der Waals surface area contributed by atoms with Crippen LogP contribution >= 0.6 is 0 Å². The number of carboxylic acid groups (broad SMARTS) is 1. The average molecular weight is 207 g/mol. The predicted octanol–water partition coefficient (Wildman–Crippen LogP) is 1.60. The molecule has 5 heteroatoms. The minimum atomic E-state index is -1.04. The fraction of sp³-hybridized carbons (Fsp3) is 0.200. The van der Waals surface area contributed by atoms with Crippen molar-refractivity contribution in [1.82, 2.24) is 5.16 Å². The van der Waals surface area contributed by atoms with Gasteiger partial charge < -0.3 is 14.4 Å². The zero-order valence-corrected chi connectivity index (χ0v) is 8.06. The van der Waals surface area contributed by atoms with E-state index in [1.54, 1.807) is 6.07 Å². The van der Waals surface area contributed by atoms with E-state index >= 15 is 0 Å². The van der Waals surface area contributed by atoms with Crippen molar-refractivity contribution in [3.8, 4) is 5.88 Å². The van der Waals surface area contributed by atoms with Gasteiger partial charge in [-0.2, -0.15) is 0 Å². The highest BCUT2D eigenvalue weighted by Gasteiger charge is 2.11. The van der Waals surface area contributed by atoms with Gasteiger partial charge in [-0.1, -0.05) is 12.1 Å². The first-order chi connectivity index (χ1) is 7.18. The summed E-state index contributed by atoms with van der Waals surface area (Å²) in [6, 6.07) is 5.49. The fourth-order valence-electron chi connectivity index (χ4n) is 1.31. The van der Waals surface area contributed by atoms with E-state index in [0.29, 0.717) is 11.0 Å². The molecule has 0 saturated carbocycles. The predicted molar refractivity (Wildman–Crippen MR) is 51.9 cm³/mol. The number of nitrogens with zero attached hydrogens (tertiary/aromatic N) is 1. The summed E-state index contributed by atoms with van der Waals surface area (Å²) in [5.41, 5.74) is 1.56. The Labute approximate surface area is 85.2 Å². The molecule has 0 amide bonds. The molecule has 2 aromatic rings. The lowest BCUT2D eigenvalue weighted by molar-refractivity contribution is -0.139. The molecule has 0 atom stereocenters. The summed E-state index contributed by atoms with van der Waals surface area (Å²) >= 11 is 0. The van der Waals surface area contributed by atoms with Crippen molar-refractivity contribution in [2.45, 2.75) is 6.92 Å². The van der Waals surface area contributed by atoms with Crippen molar-refractivity contribution in [3.05, 3.63) is 23.8 Å². The highest BCUT2D eigenvalue weighted by molar-refractivity contribution is 5.84. The second-order valence-electron chi connectivity index (χ2n) is 3.12. The van der Waals surface area contributed by atoms with Crippen LogP contribution in [0.3, 0.4) is 0 Å². The Bertz CT molecular complexity index is 503. The topological polar surface area (TPSA) is 72.6 Å². The number of hydrogen-bond acceptors (Lipinski definition) is 4. The minimum Gasteiger partial charge on any atom is -0.479 e. The summed E-state index contributed by atoms with van der Waals surface area (Å²) in [4.78, 5) is 10.3. The quantitative estimate of drug-likeness (QED) is 0.827. The first-order valence-electron chi connectivity index (χ1n) is 4.38. The molecule has 1 aromatic heterocycles. The van der Waals surface area contributed by atoms with Gasteiger partial charge in [-0.15, -0.1) is 0 Å². The second-order valence-corrected chi connectivity index (χ2v) is 3.12. The number of rotatable bonds is 3. The molecule has 0 unspecified atom stereocenters. The normalized spacial score (nSPS) is 10.5. The lowest BCUT2D eigenvalue weighted by Gasteiger charge is -1.97. The Morgan fingerprint density at radius 3 is 3.13 bits per heavy atom. The first kappa shape index (κ1) is 9.51. The third kappa shape index (κ3) is 1.76. The van der Waals surface area contributed by atoms with Crippen LogP contribution in [0.25, 0.3) is 11.0 Å². The van der Waals surface area contributed by atoms with Crippen LogP contribution in [0.2, 0.25) is 0 Å². The Kier molecular flexibility index (Phi) is 2.29. The lowest BCUT2D eigenvalue weighted by atomic mass is 10.2. The van der Waals surface area contributed by atoms with E-state index in [2.05, 4.69) is 5.16 Å². The van der Waals surface area contributed by atoms with Gasteiger partial charge in [-0.25, -0.2) is 4.79 Å². The van der Waals surface area contributed by atoms with Crippen LogP contribution in [0.4, 0.5) is 0 Å². The smallest absolute Gasteiger partial charge is 0.341 e. The van der Waals surface area contributed by atoms with Gasteiger partial charge in [0, 0.05) is 0 Å². The molecule has 2 rings (SSSR count). The molecular formula is C10H9NO4. The maximum atomic E-state index is 10.3. The largest absolute Gasteiger partial charge is 0.479 e. The number of carbonyl (C=O) groups is 1. The zero-order valence-electron chi connectivity index (χ0n) is 8.06. The molecule has 0 aliphatic heterocycles. The van der Waals surface area contributed by atoms with Gasteiger partial charge in [0.25, 0.3) is 5.88 Å². The number of aryl methyl sites for hydroxylation is 1. The van der Waals surface area contributed by atoms with E-state index < -0.39 is 12.6 Å². The summed E-state index contributed by atoms with van der Waals surface area (Å²) in [5.74, 6) is -0.824. The molecule has 0 aliphatic rings. The van der Waals surface area contributed by atoms with Crippen molar-refractivity contribution in [2.75, 3.05) is 6.61 Å². The van der Waals surface area contributed by atoms with Crippen LogP contribution < -0.4 is 4.74 Å². The van der Waals surface area contributed by atoms with E-state index in [-0.39, 0.29) is 5.88 Å². The van der Waals surface area contributed by atoms with Crippen LogP contribution in [-0.4, -0.2) is 22.8 Å². The van der Waals surface area contributed by atoms with Crippen molar-refractivity contribution >= 4 is 16.9 Å². The molecule has 15 heavy (non-hydrogen) atoms. The molecule has 1 N–H and O–H groups in total. The van der Waals surface area contributed by atoms with Crippen molar-refractivity contribution in [2.24, 2.45) is 0 Å². The number of para-hydroxylation sites is 1. The summed E-state index contributed by atoms with van der Waals surface area (Å²) in [6.07, 6.45) is 0. The standard InChI is InChI=1S/C10H9NO4/c1-6-3-2-4-7-9(6)15-11-10(7)14-5-8(12)13/h2-4H,5H2,1H3,(H,12,13). The van der Waals surface area contributed by atoms with Crippen LogP contribution in [0.1, 0.15) is 5.56 Å². The van der Waals surface area contributed by atoms with E-state index in [0.717, 1.165) is 5.56 Å². The monoisotopic (exact) mass is 207 g/mol. The lowest BCUT2D eigenvalue weighted by Crippen LogP contribution is -2.09. The Hall–Kier alpha value is -2.04. The number of benzene rings is 1. The summed E-state index contributed by atoms with van der Waals surface area (Å²) in [6.45, 7) is 1.46. The SMILES string of the molecule is Cc1cccc2c(OCC(=O)O)noc12. The van der Waals surface area contributed by atoms with Crippen LogP contribution in [0, 0.1) is 6.92 Å². The first-order valence-corrected chi connectivity index (χ1v) is 4.38. The molecule has 0 radical (unpaired) electrons. The van der Waals surface area contributed by atoms with Gasteiger partial charge in [0.05, 0.1) is 5.39 Å². The highest BCUT2D eigenvalue weighted by atomic mass is 16.5. The van der Waals surface area contributed by atoms with Crippen LogP contribution in [0.5, 0.6) is 5.88 Å². The van der Waals surface area contributed by atoms with Gasteiger partial charge in [-0.3, -0.25) is 0 Å². The van der Waals surface area contributed by atoms with Crippen molar-refractivity contribution in [1.29, 1.82) is 0 Å². The van der Waals surface area contributed by atoms with Gasteiger partial charge in [-0.05, 0) is 23.7 Å². The number of fused-ring (bicyclic) bond motifs is 1. The molecule has 0 spiro atoms. The molecule has 1 aromatic carbocycles. The second kappa shape index (κ2) is 3.61. The Morgan fingerprint density at radius 2 is 2.40 bits per heavy atom. The molecular weight excluding hydrogens is 198 g/mol. The van der Waals surface area contributed by atoms with Gasteiger partial charge in [0.15, 0.2) is 12.2 Å². The summed E-state index contributed by atoms with van der Waals surface area (Å²) in [5, 5.41) is 12.8. The Morgan fingerprint density at radius 1 is 1.60 bits per heavy atom. The molecule has 5 nitrogen and oxygen atoms in total. The summed E-state index contributed by atoms with van der Waals surface area (Å²) < 4.78 is 10.0. The van der Waals surface area contributed by atoms with E-state index in [1.165, 1.54) is 0 Å². The number of aliphatic carboxylic acids is 1. The third-order valence-electron chi connectivity index (χ3n) is 1.99. The number of aromatic nitrogens is 1. The van der Waals surface area contributed by atoms with E-state index in [1.807, 2.05) is 19.1 Å². The van der Waals surface area contributed by atoms with E-state index in [4.69, 9.17) is 14.4 Å². The minimum absolute atomic E-state index is 0.219. The number of hydrogen-bond donors (Lipinski definition) is 1. The molecule has 0 bridgehead atoms. The van der Waals surface area contributed by atoms with Gasteiger partial charge in [0.1, 0.15) is 0 Å². The Balaban J connectivity index is 2.37. The van der Waals surface area contributed by atoms with Gasteiger partial charge in [0.2, 0.25) is 0 Å². The number of carboxylic acids is 1. The molecule has 0 aliphatic carbocycles. The fourth-order valence-corrected chi connectivity index (χ4v) is 1.31. The van der Waals surface area contributed by atoms with Crippen LogP contribution in [0.15, 0.2) is 22.7 Å². The maximum absolute atomic E-state index is 10.3. The summed E-state index contributed by atoms with van der Waals surface area (Å²) in [7, 11) is 0. The maximum Gasteiger partial charge on any atom is 0.341 e.